The number of aldehydes is 1. The van der Waals surface area contributed by atoms with Gasteiger partial charge in [0.2, 0.25) is 5.88 Å². The second-order valence-corrected chi connectivity index (χ2v) is 6.95. The number of hydrogen-bond acceptors (Lipinski definition) is 6. The zero-order valence-corrected chi connectivity index (χ0v) is 15.0. The summed E-state index contributed by atoms with van der Waals surface area (Å²) in [6.45, 7) is 2.07. The van der Waals surface area contributed by atoms with Gasteiger partial charge < -0.3 is 20.7 Å². The molecule has 1 atom stereocenters. The summed E-state index contributed by atoms with van der Waals surface area (Å²) >= 11 is 6.37. The summed E-state index contributed by atoms with van der Waals surface area (Å²) < 4.78 is 5.84. The molecule has 0 bridgehead atoms. The van der Waals surface area contributed by atoms with Crippen molar-refractivity contribution < 1.29 is 9.53 Å². The van der Waals surface area contributed by atoms with Crippen molar-refractivity contribution in [2.75, 3.05) is 26.7 Å². The Morgan fingerprint density at radius 2 is 2.32 bits per heavy atom. The second-order valence-electron chi connectivity index (χ2n) is 6.55. The lowest BCUT2D eigenvalue weighted by atomic mass is 10.0. The summed E-state index contributed by atoms with van der Waals surface area (Å²) in [7, 11) is 1.97. The number of rotatable bonds is 7. The number of allylic oxidation sites excluding steroid dienone is 2. The van der Waals surface area contributed by atoms with E-state index in [1.807, 2.05) is 18.0 Å². The van der Waals surface area contributed by atoms with E-state index in [0.29, 0.717) is 35.1 Å². The third-order valence-electron chi connectivity index (χ3n) is 4.34. The Balaban J connectivity index is 1.60. The van der Waals surface area contributed by atoms with Crippen LogP contribution in [0.25, 0.3) is 0 Å². The number of carbonyl (C=O) groups excluding carboxylic acids is 1. The van der Waals surface area contributed by atoms with Gasteiger partial charge in [-0.3, -0.25) is 9.79 Å². The summed E-state index contributed by atoms with van der Waals surface area (Å²) in [6.07, 6.45) is 10.2. The molecule has 3 rings (SSSR count). The lowest BCUT2D eigenvalue weighted by Crippen LogP contribution is -2.32. The molecule has 2 aliphatic heterocycles. The first-order valence-corrected chi connectivity index (χ1v) is 8.78. The summed E-state index contributed by atoms with van der Waals surface area (Å²) in [6, 6.07) is -0.334. The van der Waals surface area contributed by atoms with Gasteiger partial charge in [-0.25, -0.2) is 0 Å². The van der Waals surface area contributed by atoms with Crippen LogP contribution in [0.3, 0.4) is 0 Å². The van der Waals surface area contributed by atoms with Gasteiger partial charge in [0.25, 0.3) is 0 Å². The Morgan fingerprint density at radius 3 is 3.00 bits per heavy atom. The number of ether oxygens (including phenoxy) is 1. The number of likely N-dealkylation sites (N-methyl/N-ethyl adjacent to an activating group) is 1. The molecule has 25 heavy (non-hydrogen) atoms. The van der Waals surface area contributed by atoms with Gasteiger partial charge in [-0.05, 0) is 36.5 Å². The predicted octanol–water partition coefficient (Wildman–Crippen LogP) is 1.66. The fraction of sp³-hybridized carbons (Fsp3) is 0.444. The number of nitrogens with zero attached hydrogens (tertiary/aromatic N) is 2. The van der Waals surface area contributed by atoms with Crippen LogP contribution in [0.15, 0.2) is 51.6 Å². The zero-order valence-electron chi connectivity index (χ0n) is 14.2. The Morgan fingerprint density at radius 1 is 1.52 bits per heavy atom. The highest BCUT2D eigenvalue weighted by atomic mass is 35.5. The number of nitrogens with one attached hydrogen (secondary N) is 1. The largest absolute Gasteiger partial charge is 0.478 e. The van der Waals surface area contributed by atoms with E-state index in [1.54, 1.807) is 18.5 Å². The first-order chi connectivity index (χ1) is 12.1. The van der Waals surface area contributed by atoms with Crippen LogP contribution in [-0.4, -0.2) is 49.7 Å². The SMILES string of the molecule is CN1CC(CN/C=C2/C(C=O)=NC=CC2N)=CC(Cl)=C1OCC1CC1. The van der Waals surface area contributed by atoms with Crippen molar-refractivity contribution in [3.05, 3.63) is 46.6 Å². The normalized spacial score (nSPS) is 25.0. The number of halogens is 1. The molecule has 0 saturated heterocycles. The van der Waals surface area contributed by atoms with Crippen LogP contribution < -0.4 is 11.1 Å². The minimum atomic E-state index is -0.334. The standard InChI is InChI=1S/C18H23ClN4O2/c1-23-9-13(6-15(19)18(23)25-11-12-2-3-12)7-21-8-14-16(20)4-5-22-17(14)10-24/h4-6,8,10,12,16,21H,2-3,7,9,11,20H2,1H3/b14-8+. The minimum absolute atomic E-state index is 0.334. The van der Waals surface area contributed by atoms with Gasteiger partial charge in [-0.2, -0.15) is 0 Å². The quantitative estimate of drug-likeness (QED) is 0.673. The van der Waals surface area contributed by atoms with Crippen molar-refractivity contribution in [3.8, 4) is 0 Å². The molecule has 3 N–H and O–H groups in total. The fourth-order valence-corrected chi connectivity index (χ4v) is 3.09. The van der Waals surface area contributed by atoms with Crippen molar-refractivity contribution in [3.63, 3.8) is 0 Å². The van der Waals surface area contributed by atoms with Gasteiger partial charge in [0.1, 0.15) is 10.7 Å². The average molecular weight is 363 g/mol. The molecule has 1 fully saturated rings. The lowest BCUT2D eigenvalue weighted by molar-refractivity contribution is -0.102. The van der Waals surface area contributed by atoms with Gasteiger partial charge in [-0.1, -0.05) is 11.6 Å². The van der Waals surface area contributed by atoms with E-state index in [4.69, 9.17) is 22.1 Å². The maximum Gasteiger partial charge on any atom is 0.208 e. The molecule has 0 spiro atoms. The van der Waals surface area contributed by atoms with Crippen LogP contribution in [-0.2, 0) is 9.53 Å². The second kappa shape index (κ2) is 7.89. The van der Waals surface area contributed by atoms with Crippen molar-refractivity contribution in [1.29, 1.82) is 0 Å². The minimum Gasteiger partial charge on any atom is -0.478 e. The molecule has 7 heteroatoms. The fourth-order valence-electron chi connectivity index (χ4n) is 2.74. The highest BCUT2D eigenvalue weighted by Gasteiger charge is 2.25. The molecule has 0 radical (unpaired) electrons. The van der Waals surface area contributed by atoms with Crippen LogP contribution in [0.5, 0.6) is 0 Å². The van der Waals surface area contributed by atoms with E-state index in [9.17, 15) is 4.79 Å². The van der Waals surface area contributed by atoms with E-state index in [2.05, 4.69) is 10.3 Å². The highest BCUT2D eigenvalue weighted by Crippen LogP contribution is 2.31. The predicted molar refractivity (Wildman–Crippen MR) is 99.0 cm³/mol. The van der Waals surface area contributed by atoms with E-state index in [-0.39, 0.29) is 6.04 Å². The Labute approximate surface area is 152 Å². The smallest absolute Gasteiger partial charge is 0.208 e. The van der Waals surface area contributed by atoms with Crippen LogP contribution in [0.4, 0.5) is 0 Å². The van der Waals surface area contributed by atoms with Gasteiger partial charge in [0.05, 0.1) is 12.6 Å². The lowest BCUT2D eigenvalue weighted by Gasteiger charge is -2.28. The number of nitrogens with two attached hydrogens (primary N) is 1. The molecular formula is C18H23ClN4O2. The molecule has 0 aromatic rings. The first-order valence-electron chi connectivity index (χ1n) is 8.40. The monoisotopic (exact) mass is 362 g/mol. The van der Waals surface area contributed by atoms with Crippen molar-refractivity contribution in [1.82, 2.24) is 10.2 Å². The summed E-state index contributed by atoms with van der Waals surface area (Å²) in [5.41, 5.74) is 8.14. The molecule has 3 aliphatic rings. The van der Waals surface area contributed by atoms with Crippen molar-refractivity contribution >= 4 is 23.6 Å². The molecule has 0 aromatic heterocycles. The number of hydrogen-bond donors (Lipinski definition) is 2. The third-order valence-corrected chi connectivity index (χ3v) is 4.61. The maximum atomic E-state index is 11.1. The van der Waals surface area contributed by atoms with Crippen LogP contribution >= 0.6 is 11.6 Å². The van der Waals surface area contributed by atoms with Gasteiger partial charge in [-0.15, -0.1) is 0 Å². The maximum absolute atomic E-state index is 11.1. The number of carbonyl (C=O) groups is 1. The van der Waals surface area contributed by atoms with E-state index >= 15 is 0 Å². The zero-order chi connectivity index (χ0) is 17.8. The molecule has 2 heterocycles. The van der Waals surface area contributed by atoms with Gasteiger partial charge in [0.15, 0.2) is 6.29 Å². The molecule has 0 amide bonds. The van der Waals surface area contributed by atoms with Crippen molar-refractivity contribution in [2.24, 2.45) is 16.6 Å². The molecule has 134 valence electrons. The van der Waals surface area contributed by atoms with E-state index < -0.39 is 0 Å². The molecule has 1 saturated carbocycles. The molecule has 1 aliphatic carbocycles. The third kappa shape index (κ3) is 4.52. The van der Waals surface area contributed by atoms with Crippen molar-refractivity contribution in [2.45, 2.75) is 18.9 Å². The Bertz CT molecular complexity index is 689. The number of aliphatic imine (C=N–C) groups is 1. The molecular weight excluding hydrogens is 340 g/mol. The van der Waals surface area contributed by atoms with Gasteiger partial charge in [0, 0.05) is 38.1 Å². The summed E-state index contributed by atoms with van der Waals surface area (Å²) in [5.74, 6) is 1.43. The van der Waals surface area contributed by atoms with Crippen LogP contribution in [0, 0.1) is 5.92 Å². The topological polar surface area (TPSA) is 80.0 Å². The Kier molecular flexibility index (Phi) is 5.60. The Hall–Kier alpha value is -2.05. The summed E-state index contributed by atoms with van der Waals surface area (Å²) in [4.78, 5) is 17.1. The summed E-state index contributed by atoms with van der Waals surface area (Å²) in [5, 5.41) is 3.82. The van der Waals surface area contributed by atoms with Crippen LogP contribution in [0.2, 0.25) is 0 Å². The van der Waals surface area contributed by atoms with Gasteiger partial charge >= 0.3 is 0 Å². The highest BCUT2D eigenvalue weighted by molar-refractivity contribution is 6.37. The molecule has 1 unspecified atom stereocenters. The average Bonchev–Trinajstić information content (AvgIpc) is 3.40. The molecule has 6 nitrogen and oxygen atoms in total. The van der Waals surface area contributed by atoms with E-state index in [1.165, 1.54) is 12.8 Å². The van der Waals surface area contributed by atoms with E-state index in [0.717, 1.165) is 24.6 Å². The molecule has 0 aromatic carbocycles. The first kappa shape index (κ1) is 17.8. The van der Waals surface area contributed by atoms with Crippen LogP contribution in [0.1, 0.15) is 12.8 Å².